The Balaban J connectivity index is 1.68. The van der Waals surface area contributed by atoms with Crippen LogP contribution in [0.4, 0.5) is 0 Å². The molecular formula is C20H26N4O2. The van der Waals surface area contributed by atoms with E-state index in [0.29, 0.717) is 25.7 Å². The van der Waals surface area contributed by atoms with Crippen LogP contribution in [0.15, 0.2) is 65.7 Å². The number of carbonyl (C=O) groups excluding carboxylic acids is 1. The fourth-order valence-corrected chi connectivity index (χ4v) is 2.33. The maximum Gasteiger partial charge on any atom is 0.239 e. The van der Waals surface area contributed by atoms with Crippen molar-refractivity contribution in [2.24, 2.45) is 4.99 Å². The second-order valence-corrected chi connectivity index (χ2v) is 5.75. The molecule has 0 unspecified atom stereocenters. The van der Waals surface area contributed by atoms with Crippen molar-refractivity contribution >= 4 is 11.9 Å². The minimum Gasteiger partial charge on any atom is -0.492 e. The minimum absolute atomic E-state index is 0.0797. The van der Waals surface area contributed by atoms with Gasteiger partial charge in [0.15, 0.2) is 5.96 Å². The summed E-state index contributed by atoms with van der Waals surface area (Å²) in [5, 5.41) is 5.94. The van der Waals surface area contributed by atoms with Gasteiger partial charge in [0.1, 0.15) is 12.4 Å². The topological polar surface area (TPSA) is 66.0 Å². The van der Waals surface area contributed by atoms with Crippen LogP contribution in [0.25, 0.3) is 0 Å². The number of benzene rings is 2. The highest BCUT2D eigenvalue weighted by molar-refractivity contribution is 5.86. The van der Waals surface area contributed by atoms with Crippen LogP contribution in [-0.4, -0.2) is 50.6 Å². The third kappa shape index (κ3) is 6.84. The Labute approximate surface area is 154 Å². The zero-order valence-electron chi connectivity index (χ0n) is 15.3. The number of likely N-dealkylation sites (N-methyl/N-ethyl adjacent to an activating group) is 1. The van der Waals surface area contributed by atoms with Gasteiger partial charge < -0.3 is 20.3 Å². The van der Waals surface area contributed by atoms with Crippen LogP contribution >= 0.6 is 0 Å². The van der Waals surface area contributed by atoms with Crippen LogP contribution in [-0.2, 0) is 11.3 Å². The van der Waals surface area contributed by atoms with Crippen molar-refractivity contribution in [1.82, 2.24) is 15.5 Å². The van der Waals surface area contributed by atoms with Crippen molar-refractivity contribution in [2.75, 3.05) is 33.8 Å². The van der Waals surface area contributed by atoms with Gasteiger partial charge in [-0.2, -0.15) is 0 Å². The van der Waals surface area contributed by atoms with E-state index in [2.05, 4.69) is 15.6 Å². The molecule has 0 bridgehead atoms. The third-order valence-electron chi connectivity index (χ3n) is 3.75. The second-order valence-electron chi connectivity index (χ2n) is 5.75. The fourth-order valence-electron chi connectivity index (χ4n) is 2.33. The molecule has 2 aromatic rings. The van der Waals surface area contributed by atoms with Crippen molar-refractivity contribution < 1.29 is 9.53 Å². The summed E-state index contributed by atoms with van der Waals surface area (Å²) >= 11 is 0. The molecule has 1 amide bonds. The van der Waals surface area contributed by atoms with E-state index < -0.39 is 0 Å². The number of carbonyl (C=O) groups is 1. The van der Waals surface area contributed by atoms with Gasteiger partial charge in [-0.05, 0) is 17.7 Å². The molecule has 2 aromatic carbocycles. The molecule has 0 fully saturated rings. The quantitative estimate of drug-likeness (QED) is 0.561. The zero-order chi connectivity index (χ0) is 18.6. The minimum atomic E-state index is -0.0797. The summed E-state index contributed by atoms with van der Waals surface area (Å²) in [5.41, 5.74) is 1.07. The largest absolute Gasteiger partial charge is 0.492 e. The highest BCUT2D eigenvalue weighted by Crippen LogP contribution is 2.07. The average Bonchev–Trinajstić information content (AvgIpc) is 2.68. The molecule has 0 aliphatic heterocycles. The zero-order valence-corrected chi connectivity index (χ0v) is 15.3. The lowest BCUT2D eigenvalue weighted by Crippen LogP contribution is -2.45. The van der Waals surface area contributed by atoms with Gasteiger partial charge in [0.2, 0.25) is 5.91 Å². The van der Waals surface area contributed by atoms with Crippen LogP contribution in [0.1, 0.15) is 5.56 Å². The number of hydrogen-bond acceptors (Lipinski definition) is 3. The number of para-hydroxylation sites is 1. The molecule has 0 saturated carbocycles. The number of aliphatic imine (C=N–C) groups is 1. The Kier molecular flexibility index (Phi) is 7.99. The molecule has 0 spiro atoms. The summed E-state index contributed by atoms with van der Waals surface area (Å²) in [6.07, 6.45) is 0. The highest BCUT2D eigenvalue weighted by atomic mass is 16.5. The molecule has 0 aliphatic rings. The molecular weight excluding hydrogens is 328 g/mol. The van der Waals surface area contributed by atoms with Gasteiger partial charge in [-0.1, -0.05) is 48.5 Å². The molecule has 0 saturated heterocycles. The van der Waals surface area contributed by atoms with Crippen LogP contribution in [0.3, 0.4) is 0 Å². The fraction of sp³-hybridized carbons (Fsp3) is 0.300. The van der Waals surface area contributed by atoms with Crippen molar-refractivity contribution in [3.05, 3.63) is 66.2 Å². The molecule has 0 aliphatic carbocycles. The molecule has 2 rings (SSSR count). The average molecular weight is 354 g/mol. The number of ether oxygens (including phenoxy) is 1. The summed E-state index contributed by atoms with van der Waals surface area (Å²) in [5.74, 6) is 1.41. The van der Waals surface area contributed by atoms with E-state index in [9.17, 15) is 4.79 Å². The van der Waals surface area contributed by atoms with Gasteiger partial charge in [0.05, 0.1) is 13.1 Å². The molecule has 6 heteroatoms. The van der Waals surface area contributed by atoms with Gasteiger partial charge in [-0.15, -0.1) is 0 Å². The number of guanidine groups is 1. The van der Waals surface area contributed by atoms with Gasteiger partial charge in [0, 0.05) is 20.6 Å². The monoisotopic (exact) mass is 354 g/mol. The van der Waals surface area contributed by atoms with Gasteiger partial charge in [0.25, 0.3) is 0 Å². The van der Waals surface area contributed by atoms with E-state index in [-0.39, 0.29) is 12.5 Å². The van der Waals surface area contributed by atoms with E-state index in [1.165, 1.54) is 0 Å². The number of hydrogen-bond donors (Lipinski definition) is 2. The molecule has 26 heavy (non-hydrogen) atoms. The van der Waals surface area contributed by atoms with Crippen LogP contribution in [0, 0.1) is 0 Å². The number of amides is 1. The SMILES string of the molecule is CN=C(NCC(=O)NCc1ccccc1)N(C)CCOc1ccccc1. The maximum absolute atomic E-state index is 12.0. The van der Waals surface area contributed by atoms with E-state index in [4.69, 9.17) is 4.74 Å². The normalized spacial score (nSPS) is 10.9. The van der Waals surface area contributed by atoms with E-state index in [1.807, 2.05) is 72.6 Å². The Morgan fingerprint density at radius 3 is 2.35 bits per heavy atom. The standard InChI is InChI=1S/C20H26N4O2/c1-21-20(24(2)13-14-26-18-11-7-4-8-12-18)23-16-19(25)22-15-17-9-5-3-6-10-17/h3-12H,13-16H2,1-2H3,(H,21,23)(H,22,25). The van der Waals surface area contributed by atoms with Crippen molar-refractivity contribution in [3.63, 3.8) is 0 Å². The van der Waals surface area contributed by atoms with E-state index >= 15 is 0 Å². The molecule has 0 atom stereocenters. The van der Waals surface area contributed by atoms with Crippen molar-refractivity contribution in [1.29, 1.82) is 0 Å². The van der Waals surface area contributed by atoms with Crippen LogP contribution in [0.5, 0.6) is 5.75 Å². The first-order valence-electron chi connectivity index (χ1n) is 8.59. The van der Waals surface area contributed by atoms with E-state index in [1.54, 1.807) is 7.05 Å². The number of rotatable bonds is 8. The third-order valence-corrected chi connectivity index (χ3v) is 3.75. The molecule has 6 nitrogen and oxygen atoms in total. The highest BCUT2D eigenvalue weighted by Gasteiger charge is 2.08. The Morgan fingerprint density at radius 2 is 1.69 bits per heavy atom. The number of nitrogens with zero attached hydrogens (tertiary/aromatic N) is 2. The predicted molar refractivity (Wildman–Crippen MR) is 104 cm³/mol. The Hall–Kier alpha value is -3.02. The Bertz CT molecular complexity index is 689. The van der Waals surface area contributed by atoms with Gasteiger partial charge >= 0.3 is 0 Å². The molecule has 0 aromatic heterocycles. The smallest absolute Gasteiger partial charge is 0.239 e. The molecule has 138 valence electrons. The van der Waals surface area contributed by atoms with Gasteiger partial charge in [-0.25, -0.2) is 0 Å². The Morgan fingerprint density at radius 1 is 1.04 bits per heavy atom. The summed E-state index contributed by atoms with van der Waals surface area (Å²) in [6, 6.07) is 19.5. The summed E-state index contributed by atoms with van der Waals surface area (Å²) in [4.78, 5) is 18.1. The maximum atomic E-state index is 12.0. The summed E-state index contributed by atoms with van der Waals surface area (Å²) in [6.45, 7) is 1.87. The lowest BCUT2D eigenvalue weighted by molar-refractivity contribution is -0.120. The summed E-state index contributed by atoms with van der Waals surface area (Å²) in [7, 11) is 3.60. The molecule has 0 radical (unpaired) electrons. The van der Waals surface area contributed by atoms with Crippen molar-refractivity contribution in [2.45, 2.75) is 6.54 Å². The van der Waals surface area contributed by atoms with Crippen LogP contribution in [0.2, 0.25) is 0 Å². The molecule has 2 N–H and O–H groups in total. The van der Waals surface area contributed by atoms with Crippen molar-refractivity contribution in [3.8, 4) is 5.75 Å². The lowest BCUT2D eigenvalue weighted by Gasteiger charge is -2.22. The first-order valence-corrected chi connectivity index (χ1v) is 8.59. The summed E-state index contributed by atoms with van der Waals surface area (Å²) < 4.78 is 5.68. The number of nitrogens with one attached hydrogen (secondary N) is 2. The first-order chi connectivity index (χ1) is 12.7. The lowest BCUT2D eigenvalue weighted by atomic mass is 10.2. The first kappa shape index (κ1) is 19.3. The molecule has 0 heterocycles. The van der Waals surface area contributed by atoms with Crippen LogP contribution < -0.4 is 15.4 Å². The van der Waals surface area contributed by atoms with E-state index in [0.717, 1.165) is 11.3 Å². The van der Waals surface area contributed by atoms with Gasteiger partial charge in [-0.3, -0.25) is 9.79 Å². The second kappa shape index (κ2) is 10.8. The predicted octanol–water partition coefficient (Wildman–Crippen LogP) is 1.89.